The monoisotopic (exact) mass is 308 g/mol. The molecule has 0 aliphatic carbocycles. The third-order valence-corrected chi connectivity index (χ3v) is 2.67. The van der Waals surface area contributed by atoms with Crippen molar-refractivity contribution in [2.75, 3.05) is 17.7 Å². The molecule has 0 unspecified atom stereocenters. The number of nitro groups is 1. The molecule has 0 aliphatic heterocycles. The Hall–Kier alpha value is -2.59. The van der Waals surface area contributed by atoms with Crippen LogP contribution < -0.4 is 10.6 Å². The summed E-state index contributed by atoms with van der Waals surface area (Å²) in [6.45, 7) is 0.373. The fraction of sp³-hybridized carbons (Fsp3) is 0.231. The molecule has 0 saturated heterocycles. The van der Waals surface area contributed by atoms with Gasteiger partial charge in [-0.15, -0.1) is 11.6 Å². The molecule has 0 fully saturated rings. The summed E-state index contributed by atoms with van der Waals surface area (Å²) < 4.78 is 0. The molecule has 0 bridgehead atoms. The van der Waals surface area contributed by atoms with Gasteiger partial charge in [-0.1, -0.05) is 6.07 Å². The first-order chi connectivity index (χ1) is 10.1. The first-order valence-electron chi connectivity index (χ1n) is 6.04. The summed E-state index contributed by atoms with van der Waals surface area (Å²) in [5.74, 6) is -0.113. The number of hydrogen-bond donors (Lipinski definition) is 2. The van der Waals surface area contributed by atoms with Gasteiger partial charge >= 0.3 is 0 Å². The van der Waals surface area contributed by atoms with Crippen molar-refractivity contribution in [3.63, 3.8) is 0 Å². The predicted octanol–water partition coefficient (Wildman–Crippen LogP) is 2.16. The third-order valence-electron chi connectivity index (χ3n) is 2.40. The first kappa shape index (κ1) is 16.5. The summed E-state index contributed by atoms with van der Waals surface area (Å²) in [6.07, 6.45) is 1.80. The fourth-order valence-electron chi connectivity index (χ4n) is 1.38. The molecule has 110 valence electrons. The Morgan fingerprint density at radius 1 is 1.52 bits per heavy atom. The van der Waals surface area contributed by atoms with Crippen molar-refractivity contribution in [3.8, 4) is 6.07 Å². The van der Waals surface area contributed by atoms with Crippen LogP contribution in [0.15, 0.2) is 36.0 Å². The van der Waals surface area contributed by atoms with Gasteiger partial charge < -0.3 is 10.6 Å². The summed E-state index contributed by atoms with van der Waals surface area (Å²) in [5.41, 5.74) is 0.194. The van der Waals surface area contributed by atoms with E-state index in [0.29, 0.717) is 24.5 Å². The number of non-ortho nitro benzene ring substituents is 1. The number of nitrogens with one attached hydrogen (secondary N) is 2. The highest BCUT2D eigenvalue weighted by Gasteiger charge is 2.09. The number of benzene rings is 1. The number of rotatable bonds is 7. The average Bonchev–Trinajstić information content (AvgIpc) is 2.48. The lowest BCUT2D eigenvalue weighted by Crippen LogP contribution is -2.26. The third kappa shape index (κ3) is 5.50. The number of nitro benzene ring substituents is 1. The maximum Gasteiger partial charge on any atom is 0.271 e. The van der Waals surface area contributed by atoms with Gasteiger partial charge in [-0.2, -0.15) is 5.26 Å². The Kier molecular flexibility index (Phi) is 6.71. The Morgan fingerprint density at radius 2 is 2.29 bits per heavy atom. The lowest BCUT2D eigenvalue weighted by molar-refractivity contribution is -0.384. The van der Waals surface area contributed by atoms with Crippen molar-refractivity contribution >= 4 is 28.9 Å². The zero-order chi connectivity index (χ0) is 15.7. The molecule has 0 spiro atoms. The molecule has 0 aliphatic rings. The quantitative estimate of drug-likeness (QED) is 0.200. The van der Waals surface area contributed by atoms with Crippen LogP contribution in [0.4, 0.5) is 11.4 Å². The second-order valence-corrected chi connectivity index (χ2v) is 4.30. The summed E-state index contributed by atoms with van der Waals surface area (Å²) in [7, 11) is 0. The number of nitrogens with zero attached hydrogens (tertiary/aromatic N) is 2. The number of halogens is 1. The van der Waals surface area contributed by atoms with E-state index in [2.05, 4.69) is 10.6 Å². The van der Waals surface area contributed by atoms with E-state index in [0.717, 1.165) is 0 Å². The lowest BCUT2D eigenvalue weighted by Gasteiger charge is -2.04. The summed E-state index contributed by atoms with van der Waals surface area (Å²) in [4.78, 5) is 21.8. The van der Waals surface area contributed by atoms with E-state index in [9.17, 15) is 14.9 Å². The number of carbonyl (C=O) groups is 1. The van der Waals surface area contributed by atoms with Crippen LogP contribution in [0, 0.1) is 21.4 Å². The van der Waals surface area contributed by atoms with Crippen molar-refractivity contribution in [3.05, 3.63) is 46.2 Å². The Morgan fingerprint density at radius 3 is 2.90 bits per heavy atom. The molecule has 1 aromatic rings. The van der Waals surface area contributed by atoms with E-state index in [-0.39, 0.29) is 11.3 Å². The minimum atomic E-state index is -0.529. The molecule has 8 heteroatoms. The molecule has 1 aromatic carbocycles. The minimum Gasteiger partial charge on any atom is -0.360 e. The van der Waals surface area contributed by atoms with Gasteiger partial charge in [0.25, 0.3) is 11.6 Å². The van der Waals surface area contributed by atoms with Crippen LogP contribution in [0.1, 0.15) is 6.42 Å². The average molecular weight is 309 g/mol. The van der Waals surface area contributed by atoms with Gasteiger partial charge in [0.15, 0.2) is 0 Å². The van der Waals surface area contributed by atoms with Crippen LogP contribution in [0.25, 0.3) is 0 Å². The zero-order valence-electron chi connectivity index (χ0n) is 11.0. The molecule has 1 rings (SSSR count). The molecule has 2 N–H and O–H groups in total. The van der Waals surface area contributed by atoms with Gasteiger partial charge in [0.1, 0.15) is 11.6 Å². The standard InChI is InChI=1S/C13H13ClN4O3/c14-5-2-6-16-13(19)10(8-15)9-17-11-3-1-4-12(7-11)18(20)21/h1,3-4,7,9,17H,2,5-6H2,(H,16,19)/b10-9-. The highest BCUT2D eigenvalue weighted by molar-refractivity contribution is 6.17. The minimum absolute atomic E-state index is 0.0847. The second kappa shape index (κ2) is 8.55. The topological polar surface area (TPSA) is 108 Å². The SMILES string of the molecule is N#C/C(=C/Nc1cccc([N+](=O)[O-])c1)C(=O)NCCCCl. The van der Waals surface area contributed by atoms with Gasteiger partial charge in [0, 0.05) is 36.4 Å². The molecular weight excluding hydrogens is 296 g/mol. The van der Waals surface area contributed by atoms with E-state index in [1.54, 1.807) is 12.1 Å². The van der Waals surface area contributed by atoms with Crippen LogP contribution in [0.2, 0.25) is 0 Å². The van der Waals surface area contributed by atoms with Crippen molar-refractivity contribution in [1.82, 2.24) is 5.32 Å². The van der Waals surface area contributed by atoms with Crippen LogP contribution in [-0.2, 0) is 4.79 Å². The van der Waals surface area contributed by atoms with Crippen molar-refractivity contribution in [2.24, 2.45) is 0 Å². The fourth-order valence-corrected chi connectivity index (χ4v) is 1.51. The summed E-state index contributed by atoms with van der Waals surface area (Å²) in [5, 5.41) is 24.8. The van der Waals surface area contributed by atoms with E-state index in [4.69, 9.17) is 16.9 Å². The maximum absolute atomic E-state index is 11.7. The number of anilines is 1. The predicted molar refractivity (Wildman–Crippen MR) is 78.8 cm³/mol. The van der Waals surface area contributed by atoms with E-state index in [1.165, 1.54) is 24.4 Å². The molecule has 0 atom stereocenters. The largest absolute Gasteiger partial charge is 0.360 e. The maximum atomic E-state index is 11.7. The molecule has 0 aromatic heterocycles. The number of alkyl halides is 1. The number of hydrogen-bond acceptors (Lipinski definition) is 5. The van der Waals surface area contributed by atoms with Gasteiger partial charge in [-0.3, -0.25) is 14.9 Å². The van der Waals surface area contributed by atoms with E-state index in [1.807, 2.05) is 0 Å². The second-order valence-electron chi connectivity index (χ2n) is 3.92. The van der Waals surface area contributed by atoms with Gasteiger partial charge in [-0.25, -0.2) is 0 Å². The highest BCUT2D eigenvalue weighted by atomic mass is 35.5. The smallest absolute Gasteiger partial charge is 0.271 e. The lowest BCUT2D eigenvalue weighted by atomic mass is 10.2. The molecule has 21 heavy (non-hydrogen) atoms. The van der Waals surface area contributed by atoms with Crippen molar-refractivity contribution in [2.45, 2.75) is 6.42 Å². The first-order valence-corrected chi connectivity index (χ1v) is 6.57. The molecule has 1 amide bonds. The zero-order valence-corrected chi connectivity index (χ0v) is 11.8. The van der Waals surface area contributed by atoms with Crippen LogP contribution in [-0.4, -0.2) is 23.3 Å². The van der Waals surface area contributed by atoms with E-state index < -0.39 is 10.8 Å². The molecule has 0 heterocycles. The Labute approximate surface area is 126 Å². The van der Waals surface area contributed by atoms with Crippen LogP contribution in [0.3, 0.4) is 0 Å². The van der Waals surface area contributed by atoms with Gasteiger partial charge in [0.05, 0.1) is 4.92 Å². The number of carbonyl (C=O) groups excluding carboxylic acids is 1. The molecule has 0 saturated carbocycles. The summed E-state index contributed by atoms with van der Waals surface area (Å²) >= 11 is 5.48. The molecular formula is C13H13ClN4O3. The van der Waals surface area contributed by atoms with E-state index >= 15 is 0 Å². The summed E-state index contributed by atoms with van der Waals surface area (Å²) in [6, 6.07) is 7.49. The Bertz CT molecular complexity index is 595. The highest BCUT2D eigenvalue weighted by Crippen LogP contribution is 2.17. The van der Waals surface area contributed by atoms with Crippen LogP contribution >= 0.6 is 11.6 Å². The number of amides is 1. The van der Waals surface area contributed by atoms with Crippen LogP contribution in [0.5, 0.6) is 0 Å². The normalized spacial score (nSPS) is 10.6. The molecule has 0 radical (unpaired) electrons. The Balaban J connectivity index is 2.72. The van der Waals surface area contributed by atoms with Gasteiger partial charge in [-0.05, 0) is 12.5 Å². The van der Waals surface area contributed by atoms with Crippen molar-refractivity contribution in [1.29, 1.82) is 5.26 Å². The molecule has 7 nitrogen and oxygen atoms in total. The van der Waals surface area contributed by atoms with Crippen molar-refractivity contribution < 1.29 is 9.72 Å². The van der Waals surface area contributed by atoms with Gasteiger partial charge in [0.2, 0.25) is 0 Å². The number of nitriles is 1.